The van der Waals surface area contributed by atoms with Gasteiger partial charge in [0.05, 0.1) is 6.54 Å². The molecule has 0 aliphatic carbocycles. The Morgan fingerprint density at radius 3 is 2.80 bits per heavy atom. The molecular formula is C6H4N4. The molecule has 0 radical (unpaired) electrons. The zero-order chi connectivity index (χ0) is 7.40. The fourth-order valence-corrected chi connectivity index (χ4v) is 0.610. The maximum atomic E-state index is 8.40. The molecule has 0 spiro atoms. The zero-order valence-corrected chi connectivity index (χ0v) is 5.13. The number of aliphatic imine (C=N–C) groups is 1. The number of allylic oxidation sites excluding steroid dienone is 2. The molecule has 0 atom stereocenters. The van der Waals surface area contributed by atoms with E-state index in [-0.39, 0.29) is 11.4 Å². The van der Waals surface area contributed by atoms with Crippen molar-refractivity contribution in [2.24, 2.45) is 4.99 Å². The van der Waals surface area contributed by atoms with Gasteiger partial charge in [-0.1, -0.05) is 0 Å². The number of nitrogens with one attached hydrogen (secondary N) is 1. The molecule has 1 aliphatic heterocycles. The van der Waals surface area contributed by atoms with E-state index in [4.69, 9.17) is 10.5 Å². The monoisotopic (exact) mass is 132 g/mol. The lowest BCUT2D eigenvalue weighted by molar-refractivity contribution is 0.936. The van der Waals surface area contributed by atoms with E-state index in [0.717, 1.165) is 0 Å². The van der Waals surface area contributed by atoms with Gasteiger partial charge in [0.1, 0.15) is 12.1 Å². The summed E-state index contributed by atoms with van der Waals surface area (Å²) in [7, 11) is 0. The van der Waals surface area contributed by atoms with Crippen LogP contribution in [0.4, 0.5) is 0 Å². The minimum atomic E-state index is 0.161. The second-order valence-corrected chi connectivity index (χ2v) is 1.64. The summed E-state index contributed by atoms with van der Waals surface area (Å²) >= 11 is 0. The highest BCUT2D eigenvalue weighted by atomic mass is 15.0. The number of rotatable bonds is 0. The summed E-state index contributed by atoms with van der Waals surface area (Å²) in [6.45, 7) is 0.522. The highest BCUT2D eigenvalue weighted by Gasteiger charge is 2.05. The Morgan fingerprint density at radius 1 is 1.50 bits per heavy atom. The van der Waals surface area contributed by atoms with Gasteiger partial charge in [-0.2, -0.15) is 10.5 Å². The Bertz CT molecular complexity index is 273. The average Bonchev–Trinajstić information content (AvgIpc) is 2.04. The highest BCUT2D eigenvalue weighted by Crippen LogP contribution is 2.02. The minimum Gasteiger partial charge on any atom is -0.369 e. The predicted molar refractivity (Wildman–Crippen MR) is 34.7 cm³/mol. The Morgan fingerprint density at radius 2 is 2.30 bits per heavy atom. The molecule has 0 saturated heterocycles. The summed E-state index contributed by atoms with van der Waals surface area (Å²) < 4.78 is 0. The lowest BCUT2D eigenvalue weighted by Gasteiger charge is -2.04. The van der Waals surface area contributed by atoms with Gasteiger partial charge in [0.15, 0.2) is 11.4 Å². The molecule has 0 aromatic rings. The average molecular weight is 132 g/mol. The van der Waals surface area contributed by atoms with Crippen molar-refractivity contribution in [1.82, 2.24) is 5.32 Å². The summed E-state index contributed by atoms with van der Waals surface area (Å²) in [5.74, 6) is 0. The van der Waals surface area contributed by atoms with Crippen LogP contribution in [0.5, 0.6) is 0 Å². The van der Waals surface area contributed by atoms with Crippen molar-refractivity contribution in [3.63, 3.8) is 0 Å². The molecule has 0 bridgehead atoms. The van der Waals surface area contributed by atoms with Crippen LogP contribution in [0.25, 0.3) is 0 Å². The van der Waals surface area contributed by atoms with E-state index in [1.54, 1.807) is 12.3 Å². The first kappa shape index (κ1) is 6.31. The van der Waals surface area contributed by atoms with Crippen LogP contribution in [-0.4, -0.2) is 12.8 Å². The molecule has 0 saturated carbocycles. The smallest absolute Gasteiger partial charge is 0.174 e. The summed E-state index contributed by atoms with van der Waals surface area (Å²) in [5.41, 5.74) is 0.416. The van der Waals surface area contributed by atoms with E-state index in [2.05, 4.69) is 10.3 Å². The van der Waals surface area contributed by atoms with E-state index in [1.165, 1.54) is 0 Å². The fourth-order valence-electron chi connectivity index (χ4n) is 0.610. The maximum absolute atomic E-state index is 8.40. The van der Waals surface area contributed by atoms with Gasteiger partial charge >= 0.3 is 0 Å². The molecule has 0 unspecified atom stereocenters. The molecular weight excluding hydrogens is 128 g/mol. The molecule has 10 heavy (non-hydrogen) atoms. The van der Waals surface area contributed by atoms with Crippen LogP contribution >= 0.6 is 0 Å². The molecule has 1 aliphatic rings. The van der Waals surface area contributed by atoms with E-state index in [1.807, 2.05) is 6.07 Å². The lowest BCUT2D eigenvalue weighted by Crippen LogP contribution is -2.19. The van der Waals surface area contributed by atoms with Crippen LogP contribution in [0.1, 0.15) is 0 Å². The van der Waals surface area contributed by atoms with Crippen molar-refractivity contribution in [3.8, 4) is 12.1 Å². The molecule has 0 fully saturated rings. The molecule has 48 valence electrons. The van der Waals surface area contributed by atoms with Gasteiger partial charge in [-0.15, -0.1) is 0 Å². The van der Waals surface area contributed by atoms with Crippen LogP contribution in [0.15, 0.2) is 16.4 Å². The number of hydrogen-bond acceptors (Lipinski definition) is 4. The quantitative estimate of drug-likeness (QED) is 0.501. The van der Waals surface area contributed by atoms with Crippen LogP contribution in [0, 0.1) is 22.7 Å². The van der Waals surface area contributed by atoms with Crippen molar-refractivity contribution < 1.29 is 0 Å². The van der Waals surface area contributed by atoms with Crippen molar-refractivity contribution in [2.45, 2.75) is 0 Å². The predicted octanol–water partition coefficient (Wildman–Crippen LogP) is -0.0808. The SMILES string of the molecule is N#CC1=C(C#N)NCC=N1. The Hall–Kier alpha value is -1.81. The molecule has 4 heteroatoms. The maximum Gasteiger partial charge on any atom is 0.174 e. The zero-order valence-electron chi connectivity index (χ0n) is 5.13. The van der Waals surface area contributed by atoms with Crippen molar-refractivity contribution in [3.05, 3.63) is 11.4 Å². The standard InChI is InChI=1S/C6H4N4/c7-3-5-6(4-8)10-2-1-9-5/h1,10H,2H2. The number of nitrogens with zero attached hydrogens (tertiary/aromatic N) is 3. The lowest BCUT2D eigenvalue weighted by atomic mass is 10.3. The first-order valence-electron chi connectivity index (χ1n) is 2.69. The largest absolute Gasteiger partial charge is 0.369 e. The third-order valence-corrected chi connectivity index (χ3v) is 1.05. The van der Waals surface area contributed by atoms with Crippen LogP contribution < -0.4 is 5.32 Å². The molecule has 4 nitrogen and oxygen atoms in total. The molecule has 1 N–H and O–H groups in total. The second kappa shape index (κ2) is 2.65. The Balaban J connectivity index is 3.01. The normalized spacial score (nSPS) is 15.4. The van der Waals surface area contributed by atoms with Gasteiger partial charge in [-0.05, 0) is 0 Å². The second-order valence-electron chi connectivity index (χ2n) is 1.64. The van der Waals surface area contributed by atoms with E-state index < -0.39 is 0 Å². The molecule has 0 aromatic carbocycles. The van der Waals surface area contributed by atoms with Crippen molar-refractivity contribution in [2.75, 3.05) is 6.54 Å². The summed E-state index contributed by atoms with van der Waals surface area (Å²) in [5, 5.41) is 19.5. The first-order chi connectivity index (χ1) is 4.88. The van der Waals surface area contributed by atoms with E-state index in [9.17, 15) is 0 Å². The van der Waals surface area contributed by atoms with Crippen molar-refractivity contribution >= 4 is 6.21 Å². The summed E-state index contributed by atoms with van der Waals surface area (Å²) in [6, 6.07) is 3.64. The molecule has 0 aromatic heterocycles. The highest BCUT2D eigenvalue weighted by molar-refractivity contribution is 5.66. The number of nitriles is 2. The summed E-state index contributed by atoms with van der Waals surface area (Å²) in [4.78, 5) is 3.71. The molecule has 0 amide bonds. The number of hydrogen-bond donors (Lipinski definition) is 1. The molecule has 1 heterocycles. The van der Waals surface area contributed by atoms with Crippen LogP contribution in [0.3, 0.4) is 0 Å². The first-order valence-corrected chi connectivity index (χ1v) is 2.69. The van der Waals surface area contributed by atoms with Gasteiger partial charge in [-0.3, -0.25) is 0 Å². The van der Waals surface area contributed by atoms with Crippen molar-refractivity contribution in [1.29, 1.82) is 10.5 Å². The Kier molecular flexibility index (Phi) is 1.67. The van der Waals surface area contributed by atoms with E-state index >= 15 is 0 Å². The van der Waals surface area contributed by atoms with Crippen LogP contribution in [-0.2, 0) is 0 Å². The van der Waals surface area contributed by atoms with Gasteiger partial charge in [-0.25, -0.2) is 4.99 Å². The summed E-state index contributed by atoms with van der Waals surface area (Å²) in [6.07, 6.45) is 1.55. The fraction of sp³-hybridized carbons (Fsp3) is 0.167. The third-order valence-electron chi connectivity index (χ3n) is 1.05. The van der Waals surface area contributed by atoms with Gasteiger partial charge < -0.3 is 5.32 Å². The topological polar surface area (TPSA) is 72.0 Å². The van der Waals surface area contributed by atoms with Gasteiger partial charge in [0.2, 0.25) is 0 Å². The molecule has 1 rings (SSSR count). The minimum absolute atomic E-state index is 0.161. The Labute approximate surface area is 58.1 Å². The van der Waals surface area contributed by atoms with Crippen LogP contribution in [0.2, 0.25) is 0 Å². The third kappa shape index (κ3) is 0.958. The van der Waals surface area contributed by atoms with Gasteiger partial charge in [0.25, 0.3) is 0 Å². The van der Waals surface area contributed by atoms with Gasteiger partial charge in [0, 0.05) is 6.21 Å². The van der Waals surface area contributed by atoms with E-state index in [0.29, 0.717) is 6.54 Å².